The van der Waals surface area contributed by atoms with Crippen molar-refractivity contribution in [2.45, 2.75) is 71.4 Å². The van der Waals surface area contributed by atoms with Crippen molar-refractivity contribution >= 4 is 0 Å². The lowest BCUT2D eigenvalue weighted by atomic mass is 10.1. The molecule has 1 heterocycles. The Kier molecular flexibility index (Phi) is 7.02. The van der Waals surface area contributed by atoms with Crippen LogP contribution in [0.1, 0.15) is 70.5 Å². The predicted octanol–water partition coefficient (Wildman–Crippen LogP) is 4.29. The van der Waals surface area contributed by atoms with E-state index >= 15 is 0 Å². The van der Waals surface area contributed by atoms with E-state index in [9.17, 15) is 5.11 Å². The maximum absolute atomic E-state index is 9.70. The van der Waals surface area contributed by atoms with Gasteiger partial charge in [-0.3, -0.25) is 0 Å². The monoisotopic (exact) mass is 237 g/mol. The summed E-state index contributed by atoms with van der Waals surface area (Å²) in [5, 5.41) is 9.70. The first-order chi connectivity index (χ1) is 8.27. The zero-order valence-electron chi connectivity index (χ0n) is 11.4. The van der Waals surface area contributed by atoms with Gasteiger partial charge in [-0.25, -0.2) is 0 Å². The number of aliphatic hydroxyl groups excluding tert-OH is 1. The third kappa shape index (κ3) is 5.40. The van der Waals surface area contributed by atoms with Crippen LogP contribution in [-0.4, -0.2) is 9.67 Å². The molecule has 0 aliphatic heterocycles. The van der Waals surface area contributed by atoms with E-state index in [4.69, 9.17) is 0 Å². The molecule has 2 heteroatoms. The molecule has 0 aliphatic carbocycles. The quantitative estimate of drug-likeness (QED) is 0.637. The number of hydrogen-bond donors (Lipinski definition) is 1. The third-order valence-corrected chi connectivity index (χ3v) is 3.31. The summed E-state index contributed by atoms with van der Waals surface area (Å²) in [4.78, 5) is 0. The largest absolute Gasteiger partial charge is 0.388 e. The van der Waals surface area contributed by atoms with Gasteiger partial charge >= 0.3 is 0 Å². The second-order valence-corrected chi connectivity index (χ2v) is 4.87. The first-order valence-electron chi connectivity index (χ1n) is 7.11. The van der Waals surface area contributed by atoms with Gasteiger partial charge < -0.3 is 9.67 Å². The molecule has 0 amide bonds. The number of unbranched alkanes of at least 4 members (excludes halogenated alkanes) is 5. The van der Waals surface area contributed by atoms with Gasteiger partial charge in [0.2, 0.25) is 0 Å². The Morgan fingerprint density at radius 1 is 1.12 bits per heavy atom. The van der Waals surface area contributed by atoms with Gasteiger partial charge in [-0.05, 0) is 24.5 Å². The van der Waals surface area contributed by atoms with Gasteiger partial charge in [0.15, 0.2) is 0 Å². The van der Waals surface area contributed by atoms with Crippen LogP contribution >= 0.6 is 0 Å². The highest BCUT2D eigenvalue weighted by Gasteiger charge is 2.05. The highest BCUT2D eigenvalue weighted by Crippen LogP contribution is 2.16. The normalized spacial score (nSPS) is 12.9. The van der Waals surface area contributed by atoms with Gasteiger partial charge in [0.25, 0.3) is 0 Å². The van der Waals surface area contributed by atoms with Crippen molar-refractivity contribution in [2.24, 2.45) is 0 Å². The van der Waals surface area contributed by atoms with E-state index in [2.05, 4.69) is 23.9 Å². The molecule has 1 aromatic rings. The lowest BCUT2D eigenvalue weighted by Gasteiger charge is -2.05. The highest BCUT2D eigenvalue weighted by molar-refractivity contribution is 5.13. The number of aryl methyl sites for hydroxylation is 1. The van der Waals surface area contributed by atoms with Crippen molar-refractivity contribution in [1.82, 2.24) is 4.57 Å². The summed E-state index contributed by atoms with van der Waals surface area (Å²) in [7, 11) is 0. The van der Waals surface area contributed by atoms with Crippen LogP contribution in [0.15, 0.2) is 18.5 Å². The molecule has 1 aromatic heterocycles. The predicted molar refractivity (Wildman–Crippen MR) is 73.1 cm³/mol. The Bertz CT molecular complexity index is 293. The lowest BCUT2D eigenvalue weighted by molar-refractivity contribution is 0.173. The smallest absolute Gasteiger partial charge is 0.0802 e. The molecule has 0 aromatic carbocycles. The number of aromatic nitrogens is 1. The molecule has 98 valence electrons. The van der Waals surface area contributed by atoms with Gasteiger partial charge in [0.05, 0.1) is 6.10 Å². The second kappa shape index (κ2) is 8.35. The van der Waals surface area contributed by atoms with Crippen molar-refractivity contribution in [2.75, 3.05) is 0 Å². The first-order valence-corrected chi connectivity index (χ1v) is 7.11. The Morgan fingerprint density at radius 2 is 1.82 bits per heavy atom. The third-order valence-electron chi connectivity index (χ3n) is 3.31. The second-order valence-electron chi connectivity index (χ2n) is 4.87. The van der Waals surface area contributed by atoms with Crippen molar-refractivity contribution in [3.63, 3.8) is 0 Å². The van der Waals surface area contributed by atoms with Crippen LogP contribution in [0.4, 0.5) is 0 Å². The molecule has 0 saturated carbocycles. The van der Waals surface area contributed by atoms with E-state index in [1.54, 1.807) is 0 Å². The average Bonchev–Trinajstić information content (AvgIpc) is 2.81. The zero-order chi connectivity index (χ0) is 12.5. The van der Waals surface area contributed by atoms with Gasteiger partial charge in [0, 0.05) is 18.9 Å². The molecule has 2 nitrogen and oxygen atoms in total. The van der Waals surface area contributed by atoms with Crippen LogP contribution in [0.2, 0.25) is 0 Å². The van der Waals surface area contributed by atoms with E-state index in [1.165, 1.54) is 38.5 Å². The number of nitrogens with zero attached hydrogens (tertiary/aromatic N) is 1. The van der Waals surface area contributed by atoms with E-state index in [-0.39, 0.29) is 6.10 Å². The number of rotatable bonds is 9. The van der Waals surface area contributed by atoms with Crippen molar-refractivity contribution < 1.29 is 5.11 Å². The molecular formula is C15H27NO. The van der Waals surface area contributed by atoms with Crippen LogP contribution < -0.4 is 0 Å². The molecular weight excluding hydrogens is 210 g/mol. The molecule has 1 rings (SSSR count). The van der Waals surface area contributed by atoms with Crippen LogP contribution in [-0.2, 0) is 6.54 Å². The maximum Gasteiger partial charge on any atom is 0.0802 e. The summed E-state index contributed by atoms with van der Waals surface area (Å²) in [6.07, 6.45) is 12.7. The topological polar surface area (TPSA) is 25.2 Å². The Morgan fingerprint density at radius 3 is 2.53 bits per heavy atom. The molecule has 0 fully saturated rings. The van der Waals surface area contributed by atoms with Gasteiger partial charge in [-0.15, -0.1) is 0 Å². The summed E-state index contributed by atoms with van der Waals surface area (Å²) in [6.45, 7) is 5.35. The van der Waals surface area contributed by atoms with Crippen LogP contribution in [0.5, 0.6) is 0 Å². The Labute approximate surface area is 106 Å². The van der Waals surface area contributed by atoms with Crippen molar-refractivity contribution in [3.05, 3.63) is 24.0 Å². The zero-order valence-corrected chi connectivity index (χ0v) is 11.4. The summed E-state index contributed by atoms with van der Waals surface area (Å²) in [5.41, 5.74) is 1.05. The minimum atomic E-state index is -0.291. The molecule has 0 saturated heterocycles. The first kappa shape index (κ1) is 14.3. The Balaban J connectivity index is 2.16. The molecule has 0 aliphatic rings. The van der Waals surface area contributed by atoms with Crippen LogP contribution in [0, 0.1) is 0 Å². The number of aliphatic hydroxyl groups is 1. The summed E-state index contributed by atoms with van der Waals surface area (Å²) < 4.78 is 2.20. The number of hydrogen-bond acceptors (Lipinski definition) is 1. The van der Waals surface area contributed by atoms with Gasteiger partial charge in [-0.1, -0.05) is 46.0 Å². The van der Waals surface area contributed by atoms with E-state index in [0.717, 1.165) is 18.5 Å². The van der Waals surface area contributed by atoms with Crippen LogP contribution in [0.25, 0.3) is 0 Å². The molecule has 0 spiro atoms. The molecule has 17 heavy (non-hydrogen) atoms. The summed E-state index contributed by atoms with van der Waals surface area (Å²) in [6, 6.07) is 2.03. The van der Waals surface area contributed by atoms with E-state index < -0.39 is 0 Å². The van der Waals surface area contributed by atoms with Gasteiger partial charge in [0.1, 0.15) is 0 Å². The molecule has 0 bridgehead atoms. The van der Waals surface area contributed by atoms with Crippen molar-refractivity contribution in [1.29, 1.82) is 0 Å². The molecule has 1 atom stereocenters. The fraction of sp³-hybridized carbons (Fsp3) is 0.733. The highest BCUT2D eigenvalue weighted by atomic mass is 16.3. The SMILES string of the molecule is CCCCCCCCn1ccc(C(O)CC)c1. The Hall–Kier alpha value is -0.760. The fourth-order valence-electron chi connectivity index (χ4n) is 2.11. The minimum Gasteiger partial charge on any atom is -0.388 e. The van der Waals surface area contributed by atoms with Crippen LogP contribution in [0.3, 0.4) is 0 Å². The molecule has 0 radical (unpaired) electrons. The average molecular weight is 237 g/mol. The van der Waals surface area contributed by atoms with E-state index in [1.807, 2.05) is 13.0 Å². The van der Waals surface area contributed by atoms with E-state index in [0.29, 0.717) is 0 Å². The maximum atomic E-state index is 9.70. The standard InChI is InChI=1S/C15H27NO/c1-3-5-6-7-8-9-11-16-12-10-14(13-16)15(17)4-2/h10,12-13,15,17H,3-9,11H2,1-2H3. The summed E-state index contributed by atoms with van der Waals surface area (Å²) in [5.74, 6) is 0. The minimum absolute atomic E-state index is 0.291. The molecule has 1 N–H and O–H groups in total. The summed E-state index contributed by atoms with van der Waals surface area (Å²) >= 11 is 0. The molecule has 1 unspecified atom stereocenters. The lowest BCUT2D eigenvalue weighted by Crippen LogP contribution is -1.96. The van der Waals surface area contributed by atoms with Gasteiger partial charge in [-0.2, -0.15) is 0 Å². The fourth-order valence-corrected chi connectivity index (χ4v) is 2.11. The van der Waals surface area contributed by atoms with Crippen molar-refractivity contribution in [3.8, 4) is 0 Å².